The third-order valence-corrected chi connectivity index (χ3v) is 5.85. The summed E-state index contributed by atoms with van der Waals surface area (Å²) in [6.07, 6.45) is 0. The first-order valence-corrected chi connectivity index (χ1v) is 11.3. The Morgan fingerprint density at radius 2 is 1.41 bits per heavy atom. The van der Waals surface area contributed by atoms with Gasteiger partial charge in [0.2, 0.25) is 5.91 Å². The third kappa shape index (κ3) is 6.42. The van der Waals surface area contributed by atoms with Crippen molar-refractivity contribution in [1.29, 1.82) is 0 Å². The van der Waals surface area contributed by atoms with Gasteiger partial charge >= 0.3 is 0 Å². The molecular weight excluding hydrogens is 396 g/mol. The fourth-order valence-corrected chi connectivity index (χ4v) is 4.16. The van der Waals surface area contributed by atoms with Gasteiger partial charge in [0.25, 0.3) is 0 Å². The highest BCUT2D eigenvalue weighted by Gasteiger charge is 2.17. The van der Waals surface area contributed by atoms with Crippen molar-refractivity contribution in [3.05, 3.63) is 96.1 Å². The summed E-state index contributed by atoms with van der Waals surface area (Å²) < 4.78 is 0. The van der Waals surface area contributed by atoms with Crippen molar-refractivity contribution in [2.75, 3.05) is 50.0 Å². The highest BCUT2D eigenvalue weighted by atomic mass is 16.2. The molecule has 5 nitrogen and oxygen atoms in total. The van der Waals surface area contributed by atoms with Crippen LogP contribution in [0.15, 0.2) is 84.9 Å². The molecule has 1 N–H and O–H groups in total. The van der Waals surface area contributed by atoms with E-state index in [9.17, 15) is 4.79 Å². The molecule has 4 rings (SSSR count). The third-order valence-electron chi connectivity index (χ3n) is 5.85. The first-order chi connectivity index (χ1) is 15.7. The predicted octanol–water partition coefficient (Wildman–Crippen LogP) is 4.08. The smallest absolute Gasteiger partial charge is 0.238 e. The lowest BCUT2D eigenvalue weighted by Gasteiger charge is -2.36. The molecule has 0 atom stereocenters. The van der Waals surface area contributed by atoms with Gasteiger partial charge in [-0.15, -0.1) is 0 Å². The van der Waals surface area contributed by atoms with E-state index in [0.717, 1.165) is 45.0 Å². The van der Waals surface area contributed by atoms with Crippen molar-refractivity contribution in [2.45, 2.75) is 13.1 Å². The summed E-state index contributed by atoms with van der Waals surface area (Å²) in [6, 6.07) is 29.1. The van der Waals surface area contributed by atoms with E-state index in [1.165, 1.54) is 16.8 Å². The Kier molecular flexibility index (Phi) is 7.54. The molecule has 166 valence electrons. The molecule has 0 radical (unpaired) electrons. The van der Waals surface area contributed by atoms with Crippen LogP contribution in [0.4, 0.5) is 11.4 Å². The maximum atomic E-state index is 12.4. The summed E-state index contributed by atoms with van der Waals surface area (Å²) in [7, 11) is 1.97. The van der Waals surface area contributed by atoms with Gasteiger partial charge in [-0.2, -0.15) is 0 Å². The van der Waals surface area contributed by atoms with E-state index in [1.54, 1.807) is 0 Å². The number of nitrogens with one attached hydrogen (secondary N) is 1. The Morgan fingerprint density at radius 1 is 0.812 bits per heavy atom. The molecule has 32 heavy (non-hydrogen) atoms. The average molecular weight is 429 g/mol. The number of anilines is 2. The first-order valence-electron chi connectivity index (χ1n) is 11.3. The lowest BCUT2D eigenvalue weighted by Crippen LogP contribution is -2.45. The molecule has 5 heteroatoms. The Bertz CT molecular complexity index is 968. The SMILES string of the molecule is CN(CC(=O)Nc1ccc(N2CCN(Cc3ccccc3)CC2)cc1)Cc1ccccc1. The summed E-state index contributed by atoms with van der Waals surface area (Å²) in [4.78, 5) is 19.4. The fourth-order valence-electron chi connectivity index (χ4n) is 4.16. The van der Waals surface area contributed by atoms with Crippen LogP contribution < -0.4 is 10.2 Å². The van der Waals surface area contributed by atoms with Crippen LogP contribution in [0.1, 0.15) is 11.1 Å². The normalized spacial score (nSPS) is 14.5. The second kappa shape index (κ2) is 10.9. The fraction of sp³-hybridized carbons (Fsp3) is 0.296. The lowest BCUT2D eigenvalue weighted by atomic mass is 10.2. The average Bonchev–Trinajstić information content (AvgIpc) is 2.81. The molecule has 1 saturated heterocycles. The summed E-state index contributed by atoms with van der Waals surface area (Å²) in [5.74, 6) is 0.00528. The molecule has 1 amide bonds. The van der Waals surface area contributed by atoms with Gasteiger partial charge in [0.05, 0.1) is 6.54 Å². The quantitative estimate of drug-likeness (QED) is 0.587. The zero-order valence-corrected chi connectivity index (χ0v) is 18.8. The van der Waals surface area contributed by atoms with Gasteiger partial charge in [-0.25, -0.2) is 0 Å². The number of hydrogen-bond donors (Lipinski definition) is 1. The van der Waals surface area contributed by atoms with E-state index in [4.69, 9.17) is 0 Å². The highest BCUT2D eigenvalue weighted by molar-refractivity contribution is 5.92. The summed E-state index contributed by atoms with van der Waals surface area (Å²) in [5, 5.41) is 3.02. The number of benzene rings is 3. The molecule has 1 heterocycles. The number of amides is 1. The monoisotopic (exact) mass is 428 g/mol. The van der Waals surface area contributed by atoms with Crippen LogP contribution in [-0.4, -0.2) is 55.5 Å². The van der Waals surface area contributed by atoms with Crippen molar-refractivity contribution in [1.82, 2.24) is 9.80 Å². The minimum absolute atomic E-state index is 0.00528. The summed E-state index contributed by atoms with van der Waals surface area (Å²) in [6.45, 7) is 6.27. The molecule has 3 aromatic carbocycles. The lowest BCUT2D eigenvalue weighted by molar-refractivity contribution is -0.117. The summed E-state index contributed by atoms with van der Waals surface area (Å²) >= 11 is 0. The number of carbonyl (C=O) groups excluding carboxylic acids is 1. The molecule has 0 saturated carbocycles. The second-order valence-corrected chi connectivity index (χ2v) is 8.50. The molecule has 0 aromatic heterocycles. The molecule has 1 fully saturated rings. The Hall–Kier alpha value is -3.15. The van der Waals surface area contributed by atoms with Crippen molar-refractivity contribution >= 4 is 17.3 Å². The number of carbonyl (C=O) groups is 1. The molecule has 1 aliphatic heterocycles. The van der Waals surface area contributed by atoms with E-state index in [1.807, 2.05) is 42.3 Å². The van der Waals surface area contributed by atoms with Crippen molar-refractivity contribution in [3.63, 3.8) is 0 Å². The molecular formula is C27H32N4O. The molecule has 0 spiro atoms. The van der Waals surface area contributed by atoms with Crippen molar-refractivity contribution in [3.8, 4) is 0 Å². The minimum Gasteiger partial charge on any atom is -0.369 e. The van der Waals surface area contributed by atoms with Crippen LogP contribution in [0.25, 0.3) is 0 Å². The Balaban J connectivity index is 1.22. The van der Waals surface area contributed by atoms with Gasteiger partial charge in [-0.05, 0) is 42.4 Å². The maximum Gasteiger partial charge on any atom is 0.238 e. The number of nitrogens with zero attached hydrogens (tertiary/aromatic N) is 3. The van der Waals surface area contributed by atoms with Crippen molar-refractivity contribution < 1.29 is 4.79 Å². The zero-order valence-electron chi connectivity index (χ0n) is 18.8. The van der Waals surface area contributed by atoms with E-state index >= 15 is 0 Å². The predicted molar refractivity (Wildman–Crippen MR) is 132 cm³/mol. The molecule has 0 bridgehead atoms. The standard InChI is InChI=1S/C27H32N4O/c1-29(20-23-8-4-2-5-9-23)22-27(32)28-25-12-14-26(15-13-25)31-18-16-30(17-19-31)21-24-10-6-3-7-11-24/h2-15H,16-22H2,1H3,(H,28,32). The number of likely N-dealkylation sites (N-methyl/N-ethyl adjacent to an activating group) is 1. The van der Waals surface area contributed by atoms with Crippen LogP contribution in [-0.2, 0) is 17.9 Å². The number of rotatable bonds is 8. The van der Waals surface area contributed by atoms with E-state index in [0.29, 0.717) is 6.54 Å². The second-order valence-electron chi connectivity index (χ2n) is 8.50. The largest absolute Gasteiger partial charge is 0.369 e. The van der Waals surface area contributed by atoms with Crippen LogP contribution in [0.3, 0.4) is 0 Å². The van der Waals surface area contributed by atoms with Crippen LogP contribution in [0.2, 0.25) is 0 Å². The Morgan fingerprint density at radius 3 is 2.03 bits per heavy atom. The minimum atomic E-state index is 0.00528. The van der Waals surface area contributed by atoms with E-state index in [2.05, 4.69) is 69.7 Å². The van der Waals surface area contributed by atoms with E-state index in [-0.39, 0.29) is 5.91 Å². The Labute approximate surface area is 191 Å². The molecule has 1 aliphatic rings. The van der Waals surface area contributed by atoms with E-state index < -0.39 is 0 Å². The van der Waals surface area contributed by atoms with Crippen LogP contribution >= 0.6 is 0 Å². The number of hydrogen-bond acceptors (Lipinski definition) is 4. The van der Waals surface area contributed by atoms with Gasteiger partial charge < -0.3 is 10.2 Å². The zero-order chi connectivity index (χ0) is 22.2. The summed E-state index contributed by atoms with van der Waals surface area (Å²) in [5.41, 5.74) is 4.63. The number of piperazine rings is 1. The van der Waals surface area contributed by atoms with Crippen molar-refractivity contribution in [2.24, 2.45) is 0 Å². The van der Waals surface area contributed by atoms with Gasteiger partial charge in [0.15, 0.2) is 0 Å². The highest BCUT2D eigenvalue weighted by Crippen LogP contribution is 2.20. The van der Waals surface area contributed by atoms with Gasteiger partial charge in [0, 0.05) is 50.6 Å². The van der Waals surface area contributed by atoms with Gasteiger partial charge in [0.1, 0.15) is 0 Å². The maximum absolute atomic E-state index is 12.4. The van der Waals surface area contributed by atoms with Gasteiger partial charge in [-0.1, -0.05) is 60.7 Å². The topological polar surface area (TPSA) is 38.8 Å². The molecule has 0 unspecified atom stereocenters. The van der Waals surface area contributed by atoms with Gasteiger partial charge in [-0.3, -0.25) is 14.6 Å². The molecule has 3 aromatic rings. The van der Waals surface area contributed by atoms with Crippen LogP contribution in [0.5, 0.6) is 0 Å². The first kappa shape index (κ1) is 22.1. The molecule has 0 aliphatic carbocycles. The van der Waals surface area contributed by atoms with Crippen LogP contribution in [0, 0.1) is 0 Å².